The smallest absolute Gasteiger partial charge is 0.240 e. The van der Waals surface area contributed by atoms with E-state index in [2.05, 4.69) is 10.4 Å². The number of anilines is 1. The summed E-state index contributed by atoms with van der Waals surface area (Å²) in [5.74, 6) is -0.211. The van der Waals surface area contributed by atoms with Gasteiger partial charge in [0.2, 0.25) is 11.8 Å². The topological polar surface area (TPSA) is 61.8 Å². The molecule has 0 spiro atoms. The summed E-state index contributed by atoms with van der Waals surface area (Å²) in [6, 6.07) is 9.43. The summed E-state index contributed by atoms with van der Waals surface area (Å²) in [5.41, 5.74) is 3.65. The Kier molecular flexibility index (Phi) is 4.25. The second-order valence-electron chi connectivity index (χ2n) is 5.45. The molecule has 1 N–H and O–H groups in total. The molecule has 118 valence electrons. The number of carbonyl (C=O) groups excluding carboxylic acids is 2. The number of hydrazone groups is 1. The molecule has 1 aliphatic heterocycles. The fourth-order valence-corrected chi connectivity index (χ4v) is 3.36. The van der Waals surface area contributed by atoms with Gasteiger partial charge in [0.05, 0.1) is 11.8 Å². The highest BCUT2D eigenvalue weighted by atomic mass is 32.1. The number of rotatable bonds is 3. The molecule has 2 aromatic rings. The van der Waals surface area contributed by atoms with Gasteiger partial charge >= 0.3 is 0 Å². The zero-order valence-corrected chi connectivity index (χ0v) is 13.8. The van der Waals surface area contributed by atoms with E-state index in [1.807, 2.05) is 41.1 Å². The summed E-state index contributed by atoms with van der Waals surface area (Å²) in [4.78, 5) is 23.2. The standard InChI is InChI=1S/C17H17N3O2S/c1-11(21)18-15-5-3-4-13(8-15)17-9-16(14-6-7-23-10-14)19-20(17)12(2)22/h3-8,10,17H,9H2,1-2H3,(H,18,21)/t17-/m0/s1. The van der Waals surface area contributed by atoms with Crippen molar-refractivity contribution >= 4 is 34.6 Å². The van der Waals surface area contributed by atoms with Crippen molar-refractivity contribution in [2.45, 2.75) is 26.3 Å². The van der Waals surface area contributed by atoms with Crippen LogP contribution in [0.1, 0.15) is 37.4 Å². The van der Waals surface area contributed by atoms with Gasteiger partial charge in [-0.25, -0.2) is 5.01 Å². The van der Waals surface area contributed by atoms with Crippen LogP contribution in [0.25, 0.3) is 0 Å². The minimum absolute atomic E-state index is 0.0924. The van der Waals surface area contributed by atoms with Gasteiger partial charge in [-0.2, -0.15) is 16.4 Å². The average molecular weight is 327 g/mol. The predicted molar refractivity (Wildman–Crippen MR) is 91.5 cm³/mol. The molecule has 0 bridgehead atoms. The predicted octanol–water partition coefficient (Wildman–Crippen LogP) is 3.40. The molecule has 2 heterocycles. The average Bonchev–Trinajstić information content (AvgIpc) is 3.16. The van der Waals surface area contributed by atoms with Crippen LogP contribution in [0.15, 0.2) is 46.2 Å². The maximum Gasteiger partial charge on any atom is 0.240 e. The van der Waals surface area contributed by atoms with E-state index in [0.717, 1.165) is 22.5 Å². The number of carbonyl (C=O) groups is 2. The third kappa shape index (κ3) is 3.32. The molecule has 0 radical (unpaired) electrons. The van der Waals surface area contributed by atoms with Gasteiger partial charge < -0.3 is 5.32 Å². The maximum absolute atomic E-state index is 12.0. The van der Waals surface area contributed by atoms with Gasteiger partial charge in [0, 0.05) is 31.5 Å². The van der Waals surface area contributed by atoms with Crippen molar-refractivity contribution in [2.75, 3.05) is 5.32 Å². The highest BCUT2D eigenvalue weighted by Crippen LogP contribution is 2.34. The lowest BCUT2D eigenvalue weighted by molar-refractivity contribution is -0.130. The maximum atomic E-state index is 12.0. The molecule has 2 amide bonds. The van der Waals surface area contributed by atoms with E-state index in [1.54, 1.807) is 11.3 Å². The van der Waals surface area contributed by atoms with Gasteiger partial charge in [0.15, 0.2) is 0 Å². The number of amides is 2. The number of hydrogen-bond donors (Lipinski definition) is 1. The molecule has 0 saturated carbocycles. The first-order valence-electron chi connectivity index (χ1n) is 7.32. The summed E-state index contributed by atoms with van der Waals surface area (Å²) < 4.78 is 0. The molecule has 3 rings (SSSR count). The van der Waals surface area contributed by atoms with E-state index in [0.29, 0.717) is 6.42 Å². The first-order valence-corrected chi connectivity index (χ1v) is 8.26. The Bertz CT molecular complexity index is 768. The molecule has 0 aliphatic carbocycles. The molecule has 5 nitrogen and oxygen atoms in total. The van der Waals surface area contributed by atoms with E-state index in [-0.39, 0.29) is 17.9 Å². The Morgan fingerprint density at radius 2 is 2.13 bits per heavy atom. The quantitative estimate of drug-likeness (QED) is 0.939. The number of nitrogens with zero attached hydrogens (tertiary/aromatic N) is 2. The lowest BCUT2D eigenvalue weighted by atomic mass is 9.99. The van der Waals surface area contributed by atoms with Gasteiger partial charge in [-0.1, -0.05) is 12.1 Å². The van der Waals surface area contributed by atoms with Crippen LogP contribution in [0.4, 0.5) is 5.69 Å². The summed E-state index contributed by atoms with van der Waals surface area (Å²) in [5, 5.41) is 12.8. The fourth-order valence-electron chi connectivity index (χ4n) is 2.69. The summed E-state index contributed by atoms with van der Waals surface area (Å²) >= 11 is 1.61. The Morgan fingerprint density at radius 3 is 2.78 bits per heavy atom. The molecular formula is C17H17N3O2S. The van der Waals surface area contributed by atoms with Gasteiger partial charge in [0.1, 0.15) is 0 Å². The number of nitrogens with one attached hydrogen (secondary N) is 1. The minimum atomic E-state index is -0.142. The van der Waals surface area contributed by atoms with Crippen LogP contribution in [0.3, 0.4) is 0 Å². The third-order valence-corrected chi connectivity index (χ3v) is 4.36. The van der Waals surface area contributed by atoms with Crippen molar-refractivity contribution in [1.29, 1.82) is 0 Å². The molecule has 1 aromatic heterocycles. The number of hydrogen-bond acceptors (Lipinski definition) is 4. The Labute approximate surface area is 138 Å². The first-order chi connectivity index (χ1) is 11.0. The van der Waals surface area contributed by atoms with Crippen molar-refractivity contribution in [3.63, 3.8) is 0 Å². The number of thiophene rings is 1. The minimum Gasteiger partial charge on any atom is -0.326 e. The van der Waals surface area contributed by atoms with Crippen molar-refractivity contribution in [2.24, 2.45) is 5.10 Å². The van der Waals surface area contributed by atoms with Crippen LogP contribution in [0.5, 0.6) is 0 Å². The molecule has 1 aromatic carbocycles. The summed E-state index contributed by atoms with van der Waals surface area (Å²) in [7, 11) is 0. The Hall–Kier alpha value is -2.47. The van der Waals surface area contributed by atoms with E-state index in [4.69, 9.17) is 0 Å². The normalized spacial score (nSPS) is 17.0. The van der Waals surface area contributed by atoms with Crippen LogP contribution in [-0.4, -0.2) is 22.5 Å². The Morgan fingerprint density at radius 1 is 1.30 bits per heavy atom. The van der Waals surface area contributed by atoms with Crippen LogP contribution in [0, 0.1) is 0 Å². The van der Waals surface area contributed by atoms with E-state index < -0.39 is 0 Å². The third-order valence-electron chi connectivity index (χ3n) is 3.68. The zero-order valence-electron chi connectivity index (χ0n) is 12.9. The van der Waals surface area contributed by atoms with Gasteiger partial charge in [0.25, 0.3) is 0 Å². The molecule has 1 atom stereocenters. The molecular weight excluding hydrogens is 310 g/mol. The second kappa shape index (κ2) is 6.34. The van der Waals surface area contributed by atoms with E-state index in [1.165, 1.54) is 18.9 Å². The SMILES string of the molecule is CC(=O)Nc1cccc([C@@H]2CC(c3ccsc3)=NN2C(C)=O)c1. The van der Waals surface area contributed by atoms with E-state index in [9.17, 15) is 9.59 Å². The summed E-state index contributed by atoms with van der Waals surface area (Å²) in [6.45, 7) is 2.99. The van der Waals surface area contributed by atoms with Crippen LogP contribution in [0.2, 0.25) is 0 Å². The molecule has 6 heteroatoms. The lowest BCUT2D eigenvalue weighted by Gasteiger charge is -2.21. The molecule has 0 fully saturated rings. The van der Waals surface area contributed by atoms with Gasteiger partial charge in [-0.15, -0.1) is 0 Å². The van der Waals surface area contributed by atoms with Gasteiger partial charge in [-0.05, 0) is 34.5 Å². The fraction of sp³-hybridized carbons (Fsp3) is 0.235. The van der Waals surface area contributed by atoms with Crippen LogP contribution >= 0.6 is 11.3 Å². The van der Waals surface area contributed by atoms with E-state index >= 15 is 0 Å². The molecule has 0 saturated heterocycles. The molecule has 1 aliphatic rings. The van der Waals surface area contributed by atoms with Crippen molar-refractivity contribution < 1.29 is 9.59 Å². The lowest BCUT2D eigenvalue weighted by Crippen LogP contribution is -2.24. The van der Waals surface area contributed by atoms with Crippen LogP contribution in [-0.2, 0) is 9.59 Å². The molecule has 0 unspecified atom stereocenters. The largest absolute Gasteiger partial charge is 0.326 e. The van der Waals surface area contributed by atoms with Gasteiger partial charge in [-0.3, -0.25) is 9.59 Å². The van der Waals surface area contributed by atoms with Crippen molar-refractivity contribution in [1.82, 2.24) is 5.01 Å². The second-order valence-corrected chi connectivity index (χ2v) is 6.23. The van der Waals surface area contributed by atoms with Crippen molar-refractivity contribution in [3.8, 4) is 0 Å². The summed E-state index contributed by atoms with van der Waals surface area (Å²) in [6.07, 6.45) is 0.667. The molecule has 23 heavy (non-hydrogen) atoms. The monoisotopic (exact) mass is 327 g/mol. The zero-order chi connectivity index (χ0) is 16.4. The number of benzene rings is 1. The highest BCUT2D eigenvalue weighted by molar-refractivity contribution is 7.08. The Balaban J connectivity index is 1.90. The van der Waals surface area contributed by atoms with Crippen molar-refractivity contribution in [3.05, 3.63) is 52.2 Å². The first kappa shape index (κ1) is 15.4. The van der Waals surface area contributed by atoms with Crippen LogP contribution < -0.4 is 5.32 Å². The highest BCUT2D eigenvalue weighted by Gasteiger charge is 2.31.